The number of ether oxygens (including phenoxy) is 1. The fraction of sp³-hybridized carbons (Fsp3) is 0.400. The van der Waals surface area contributed by atoms with Gasteiger partial charge in [-0.25, -0.2) is 13.2 Å². The maximum absolute atomic E-state index is 14.5. The first-order valence-electron chi connectivity index (χ1n) is 8.39. The zero-order valence-electron chi connectivity index (χ0n) is 13.9. The lowest BCUT2D eigenvalue weighted by Crippen LogP contribution is -2.19. The molecule has 1 fully saturated rings. The summed E-state index contributed by atoms with van der Waals surface area (Å²) in [7, 11) is 0. The van der Waals surface area contributed by atoms with Crippen molar-refractivity contribution in [1.29, 1.82) is 0 Å². The van der Waals surface area contributed by atoms with Gasteiger partial charge in [-0.3, -0.25) is 0 Å². The first-order valence-corrected chi connectivity index (χ1v) is 8.39. The minimum absolute atomic E-state index is 0.0772. The third-order valence-electron chi connectivity index (χ3n) is 4.71. The Morgan fingerprint density at radius 1 is 1.04 bits per heavy atom. The van der Waals surface area contributed by atoms with E-state index >= 15 is 0 Å². The van der Waals surface area contributed by atoms with E-state index in [1.807, 2.05) is 0 Å². The predicted molar refractivity (Wildman–Crippen MR) is 88.2 cm³/mol. The van der Waals surface area contributed by atoms with Crippen LogP contribution in [0.1, 0.15) is 43.9 Å². The van der Waals surface area contributed by atoms with Crippen LogP contribution in [0.2, 0.25) is 0 Å². The molecule has 1 saturated heterocycles. The van der Waals surface area contributed by atoms with Crippen LogP contribution < -0.4 is 0 Å². The van der Waals surface area contributed by atoms with E-state index in [9.17, 15) is 13.2 Å². The van der Waals surface area contributed by atoms with E-state index in [-0.39, 0.29) is 11.7 Å². The highest BCUT2D eigenvalue weighted by molar-refractivity contribution is 5.65. The summed E-state index contributed by atoms with van der Waals surface area (Å²) in [5.41, 5.74) is 1.21. The van der Waals surface area contributed by atoms with Gasteiger partial charge in [0.1, 0.15) is 5.82 Å². The summed E-state index contributed by atoms with van der Waals surface area (Å²) in [4.78, 5) is 0. The van der Waals surface area contributed by atoms with Crippen LogP contribution in [0, 0.1) is 23.4 Å². The topological polar surface area (TPSA) is 9.23 Å². The Morgan fingerprint density at radius 2 is 1.83 bits per heavy atom. The van der Waals surface area contributed by atoms with Gasteiger partial charge in [-0.05, 0) is 42.4 Å². The van der Waals surface area contributed by atoms with E-state index in [1.165, 1.54) is 12.1 Å². The zero-order chi connectivity index (χ0) is 17.3. The molecule has 2 aromatic rings. The van der Waals surface area contributed by atoms with Crippen molar-refractivity contribution >= 4 is 0 Å². The van der Waals surface area contributed by atoms with Crippen LogP contribution in [0.4, 0.5) is 13.2 Å². The van der Waals surface area contributed by atoms with Gasteiger partial charge in [0, 0.05) is 17.7 Å². The molecule has 2 unspecified atom stereocenters. The first-order chi connectivity index (χ1) is 11.5. The average molecular weight is 334 g/mol. The summed E-state index contributed by atoms with van der Waals surface area (Å²) in [6, 6.07) is 7.57. The highest BCUT2D eigenvalue weighted by Crippen LogP contribution is 2.34. The summed E-state index contributed by atoms with van der Waals surface area (Å²) >= 11 is 0. The Hall–Kier alpha value is -1.81. The number of hydrogen-bond donors (Lipinski definition) is 0. The average Bonchev–Trinajstić information content (AvgIpc) is 2.58. The van der Waals surface area contributed by atoms with Crippen LogP contribution >= 0.6 is 0 Å². The molecule has 24 heavy (non-hydrogen) atoms. The van der Waals surface area contributed by atoms with Crippen molar-refractivity contribution in [2.24, 2.45) is 5.92 Å². The second-order valence-corrected chi connectivity index (χ2v) is 6.49. The summed E-state index contributed by atoms with van der Waals surface area (Å²) < 4.78 is 48.4. The molecule has 0 radical (unpaired) electrons. The number of halogens is 3. The number of benzene rings is 2. The number of rotatable bonds is 3. The Morgan fingerprint density at radius 3 is 2.46 bits per heavy atom. The van der Waals surface area contributed by atoms with Crippen molar-refractivity contribution in [2.45, 2.75) is 39.2 Å². The molecule has 0 N–H and O–H groups in total. The van der Waals surface area contributed by atoms with Gasteiger partial charge in [-0.15, -0.1) is 0 Å². The molecule has 1 aliphatic heterocycles. The predicted octanol–water partition coefficient (Wildman–Crippen LogP) is 5.82. The largest absolute Gasteiger partial charge is 0.373 e. The van der Waals surface area contributed by atoms with Crippen LogP contribution in [0.25, 0.3) is 11.1 Å². The van der Waals surface area contributed by atoms with Gasteiger partial charge in [0.25, 0.3) is 0 Å². The third-order valence-corrected chi connectivity index (χ3v) is 4.71. The standard InChI is InChI=1S/C20H21F3O/c1-3-13-5-7-15(20(23)19(13)22)14-6-8-16(17(21)10-14)18-9-4-12(2)11-24-18/h5-8,10,12,18H,3-4,9,11H2,1-2H3. The molecule has 0 aromatic heterocycles. The summed E-state index contributed by atoms with van der Waals surface area (Å²) in [5.74, 6) is -1.74. The molecule has 128 valence electrons. The van der Waals surface area contributed by atoms with Crippen molar-refractivity contribution in [3.63, 3.8) is 0 Å². The summed E-state index contributed by atoms with van der Waals surface area (Å²) in [6.07, 6.45) is 1.91. The van der Waals surface area contributed by atoms with Gasteiger partial charge < -0.3 is 4.74 Å². The lowest BCUT2D eigenvalue weighted by Gasteiger charge is -2.27. The normalized spacial score (nSPS) is 21.0. The fourth-order valence-electron chi connectivity index (χ4n) is 3.17. The van der Waals surface area contributed by atoms with Crippen molar-refractivity contribution in [1.82, 2.24) is 0 Å². The maximum Gasteiger partial charge on any atom is 0.166 e. The molecule has 1 nitrogen and oxygen atoms in total. The molecule has 0 bridgehead atoms. The number of aryl methyl sites for hydroxylation is 1. The lowest BCUT2D eigenvalue weighted by atomic mass is 9.94. The van der Waals surface area contributed by atoms with Gasteiger partial charge >= 0.3 is 0 Å². The van der Waals surface area contributed by atoms with Crippen molar-refractivity contribution in [3.8, 4) is 11.1 Å². The Bertz CT molecular complexity index is 734. The third kappa shape index (κ3) is 3.20. The second-order valence-electron chi connectivity index (χ2n) is 6.49. The van der Waals surface area contributed by atoms with Gasteiger partial charge in [-0.1, -0.05) is 38.1 Å². The van der Waals surface area contributed by atoms with Crippen LogP contribution in [-0.2, 0) is 11.2 Å². The van der Waals surface area contributed by atoms with Crippen LogP contribution in [0.3, 0.4) is 0 Å². The van der Waals surface area contributed by atoms with E-state index in [4.69, 9.17) is 4.74 Å². The molecular formula is C20H21F3O. The highest BCUT2D eigenvalue weighted by Gasteiger charge is 2.23. The van der Waals surface area contributed by atoms with Gasteiger partial charge in [-0.2, -0.15) is 0 Å². The van der Waals surface area contributed by atoms with Gasteiger partial charge in [0.2, 0.25) is 0 Å². The van der Waals surface area contributed by atoms with Crippen LogP contribution in [0.5, 0.6) is 0 Å². The molecule has 0 saturated carbocycles. The smallest absolute Gasteiger partial charge is 0.166 e. The molecule has 1 aliphatic rings. The molecular weight excluding hydrogens is 313 g/mol. The van der Waals surface area contributed by atoms with Crippen LogP contribution in [0.15, 0.2) is 30.3 Å². The molecule has 4 heteroatoms. The molecule has 0 spiro atoms. The molecule has 3 rings (SSSR count). The molecule has 0 amide bonds. The van der Waals surface area contributed by atoms with E-state index in [0.717, 1.165) is 12.8 Å². The lowest BCUT2D eigenvalue weighted by molar-refractivity contribution is -0.0141. The SMILES string of the molecule is CCc1ccc(-c2ccc(C3CCC(C)CO3)c(F)c2)c(F)c1F. The Kier molecular flexibility index (Phi) is 4.95. The van der Waals surface area contributed by atoms with Crippen molar-refractivity contribution in [2.75, 3.05) is 6.61 Å². The first kappa shape index (κ1) is 17.0. The van der Waals surface area contributed by atoms with Crippen molar-refractivity contribution < 1.29 is 17.9 Å². The molecule has 2 atom stereocenters. The summed E-state index contributed by atoms with van der Waals surface area (Å²) in [6.45, 7) is 4.48. The van der Waals surface area contributed by atoms with Gasteiger partial charge in [0.15, 0.2) is 11.6 Å². The van der Waals surface area contributed by atoms with Crippen molar-refractivity contribution in [3.05, 3.63) is 58.9 Å². The fourth-order valence-corrected chi connectivity index (χ4v) is 3.17. The van der Waals surface area contributed by atoms with Gasteiger partial charge in [0.05, 0.1) is 6.10 Å². The zero-order valence-corrected chi connectivity index (χ0v) is 13.9. The monoisotopic (exact) mass is 334 g/mol. The molecule has 1 heterocycles. The van der Waals surface area contributed by atoms with E-state index < -0.39 is 17.5 Å². The minimum atomic E-state index is -0.927. The molecule has 0 aliphatic carbocycles. The highest BCUT2D eigenvalue weighted by atomic mass is 19.2. The number of hydrogen-bond acceptors (Lipinski definition) is 1. The van der Waals surface area contributed by atoms with E-state index in [1.54, 1.807) is 25.1 Å². The minimum Gasteiger partial charge on any atom is -0.373 e. The molecule has 2 aromatic carbocycles. The Labute approximate surface area is 140 Å². The van der Waals surface area contributed by atoms with E-state index in [0.29, 0.717) is 35.6 Å². The van der Waals surface area contributed by atoms with E-state index in [2.05, 4.69) is 6.92 Å². The Balaban J connectivity index is 1.91. The summed E-state index contributed by atoms with van der Waals surface area (Å²) in [5, 5.41) is 0. The van der Waals surface area contributed by atoms with Crippen LogP contribution in [-0.4, -0.2) is 6.61 Å². The maximum atomic E-state index is 14.5. The quantitative estimate of drug-likeness (QED) is 0.687. The second kappa shape index (κ2) is 6.98.